The lowest BCUT2D eigenvalue weighted by Crippen LogP contribution is -2.48. The molecule has 0 aliphatic carbocycles. The number of carbonyl (C=O) groups excluding carboxylic acids is 2. The molecule has 0 radical (unpaired) electrons. The Morgan fingerprint density at radius 2 is 0.980 bits per heavy atom. The number of unbranched alkanes of at least 4 members (excludes halogenated alkanes) is 16. The van der Waals surface area contributed by atoms with Crippen LogP contribution in [0.4, 0.5) is 0 Å². The quantitative estimate of drug-likeness (QED) is 0.0384. The van der Waals surface area contributed by atoms with E-state index in [1.807, 2.05) is 0 Å². The van der Waals surface area contributed by atoms with Gasteiger partial charge in [-0.25, -0.2) is 0 Å². The number of ketones is 2. The monoisotopic (exact) mass is 684 g/mol. The lowest BCUT2D eigenvalue weighted by molar-refractivity contribution is -0.191. The highest BCUT2D eigenvalue weighted by atomic mass is 16.8. The Morgan fingerprint density at radius 1 is 0.571 bits per heavy atom. The fourth-order valence-corrected chi connectivity index (χ4v) is 6.26. The second-order valence-electron chi connectivity index (χ2n) is 14.4. The SMILES string of the molecule is CCCCC/C=C\C/C=C\CCCCCCCC(=O)C1(C(=O)CCCCCCC/C=C\C/C=C\CCCCC)OCC(CCCN(C)C)O1. The zero-order valence-electron chi connectivity index (χ0n) is 32.6. The summed E-state index contributed by atoms with van der Waals surface area (Å²) in [5.74, 6) is -2.01. The van der Waals surface area contributed by atoms with E-state index in [2.05, 4.69) is 81.5 Å². The van der Waals surface area contributed by atoms with Crippen LogP contribution in [0.3, 0.4) is 0 Å². The second kappa shape index (κ2) is 32.1. The summed E-state index contributed by atoms with van der Waals surface area (Å²) in [5, 5.41) is 0. The molecule has 0 aromatic heterocycles. The van der Waals surface area contributed by atoms with Crippen LogP contribution in [0, 0.1) is 0 Å². The van der Waals surface area contributed by atoms with Gasteiger partial charge in [-0.3, -0.25) is 9.59 Å². The van der Waals surface area contributed by atoms with E-state index in [1.165, 1.54) is 77.0 Å². The van der Waals surface area contributed by atoms with Crippen molar-refractivity contribution in [1.82, 2.24) is 4.90 Å². The Kier molecular flexibility index (Phi) is 29.6. The van der Waals surface area contributed by atoms with Gasteiger partial charge >= 0.3 is 0 Å². The molecule has 0 bridgehead atoms. The van der Waals surface area contributed by atoms with Crippen LogP contribution >= 0.6 is 0 Å². The fraction of sp³-hybridized carbons (Fsp3) is 0.773. The molecule has 49 heavy (non-hydrogen) atoms. The first kappa shape index (κ1) is 45.2. The Morgan fingerprint density at radius 3 is 1.41 bits per heavy atom. The molecule has 0 spiro atoms. The Hall–Kier alpha value is -1.82. The van der Waals surface area contributed by atoms with Crippen molar-refractivity contribution in [2.45, 2.75) is 193 Å². The second-order valence-corrected chi connectivity index (χ2v) is 14.4. The molecule has 0 saturated carbocycles. The minimum atomic E-state index is -1.67. The van der Waals surface area contributed by atoms with E-state index in [1.54, 1.807) is 0 Å². The lowest BCUT2D eigenvalue weighted by atomic mass is 9.96. The van der Waals surface area contributed by atoms with Gasteiger partial charge < -0.3 is 14.4 Å². The molecule has 1 unspecified atom stereocenters. The van der Waals surface area contributed by atoms with Gasteiger partial charge in [0.05, 0.1) is 12.7 Å². The third-order valence-electron chi connectivity index (χ3n) is 9.38. The summed E-state index contributed by atoms with van der Waals surface area (Å²) in [6.07, 6.45) is 45.6. The highest BCUT2D eigenvalue weighted by Crippen LogP contribution is 2.32. The number of ether oxygens (including phenoxy) is 2. The summed E-state index contributed by atoms with van der Waals surface area (Å²) in [6.45, 7) is 5.77. The Balaban J connectivity index is 2.35. The van der Waals surface area contributed by atoms with Crippen LogP contribution in [0.1, 0.15) is 181 Å². The molecule has 5 heteroatoms. The van der Waals surface area contributed by atoms with Gasteiger partial charge in [0.15, 0.2) is 11.6 Å². The van der Waals surface area contributed by atoms with Gasteiger partial charge in [-0.2, -0.15) is 0 Å². The number of carbonyl (C=O) groups is 2. The molecule has 0 amide bonds. The van der Waals surface area contributed by atoms with Crippen molar-refractivity contribution in [3.05, 3.63) is 48.6 Å². The van der Waals surface area contributed by atoms with Gasteiger partial charge in [0.1, 0.15) is 0 Å². The van der Waals surface area contributed by atoms with Gasteiger partial charge in [-0.1, -0.05) is 127 Å². The number of Topliss-reactive ketones (excluding diaryl/α,β-unsaturated/α-hetero) is 2. The van der Waals surface area contributed by atoms with E-state index in [0.29, 0.717) is 19.4 Å². The van der Waals surface area contributed by atoms with Crippen LogP contribution in [0.5, 0.6) is 0 Å². The summed E-state index contributed by atoms with van der Waals surface area (Å²) >= 11 is 0. The van der Waals surface area contributed by atoms with E-state index in [0.717, 1.165) is 83.6 Å². The van der Waals surface area contributed by atoms with Crippen LogP contribution in [0.2, 0.25) is 0 Å². The molecular weight excluding hydrogens is 606 g/mol. The van der Waals surface area contributed by atoms with Gasteiger partial charge in [0.25, 0.3) is 5.79 Å². The average molecular weight is 684 g/mol. The van der Waals surface area contributed by atoms with Crippen LogP contribution in [0.15, 0.2) is 48.6 Å². The van der Waals surface area contributed by atoms with Gasteiger partial charge in [0.2, 0.25) is 0 Å². The first-order valence-corrected chi connectivity index (χ1v) is 20.6. The lowest BCUT2D eigenvalue weighted by Gasteiger charge is -2.25. The van der Waals surface area contributed by atoms with Crippen LogP contribution in [-0.4, -0.2) is 55.6 Å². The Bertz CT molecular complexity index is 860. The molecule has 0 aromatic rings. The predicted octanol–water partition coefficient (Wildman–Crippen LogP) is 12.2. The molecule has 1 saturated heterocycles. The van der Waals surface area contributed by atoms with Crippen molar-refractivity contribution in [1.29, 1.82) is 0 Å². The van der Waals surface area contributed by atoms with Crippen molar-refractivity contribution in [2.75, 3.05) is 27.2 Å². The van der Waals surface area contributed by atoms with Gasteiger partial charge in [0, 0.05) is 12.8 Å². The van der Waals surface area contributed by atoms with Crippen LogP contribution in [-0.2, 0) is 19.1 Å². The fourth-order valence-electron chi connectivity index (χ4n) is 6.26. The summed E-state index contributed by atoms with van der Waals surface area (Å²) in [7, 11) is 4.11. The third kappa shape index (κ3) is 24.1. The standard InChI is InChI=1S/C44H77NO4/c1-5-7-9-11-13-15-17-19-21-23-25-27-29-31-33-37-42(46)44(48-40-41(49-44)36-35-39-45(3)4)43(47)38-34-32-30-28-26-24-22-20-18-16-14-12-10-8-6-2/h13-16,19-22,41H,5-12,17-18,23-40H2,1-4H3/b15-13-,16-14-,21-19-,22-20-. The number of nitrogens with zero attached hydrogens (tertiary/aromatic N) is 1. The highest BCUT2D eigenvalue weighted by Gasteiger charge is 2.52. The van der Waals surface area contributed by atoms with E-state index in [4.69, 9.17) is 9.47 Å². The van der Waals surface area contributed by atoms with Crippen molar-refractivity contribution >= 4 is 11.6 Å². The maximum absolute atomic E-state index is 13.5. The van der Waals surface area contributed by atoms with Gasteiger partial charge in [-0.15, -0.1) is 0 Å². The van der Waals surface area contributed by atoms with Crippen molar-refractivity contribution in [3.8, 4) is 0 Å². The largest absolute Gasteiger partial charge is 0.335 e. The van der Waals surface area contributed by atoms with E-state index in [9.17, 15) is 9.59 Å². The molecule has 1 atom stereocenters. The number of hydrogen-bond donors (Lipinski definition) is 0. The summed E-state index contributed by atoms with van der Waals surface area (Å²) < 4.78 is 12.3. The van der Waals surface area contributed by atoms with Crippen molar-refractivity contribution < 1.29 is 19.1 Å². The summed E-state index contributed by atoms with van der Waals surface area (Å²) in [6, 6.07) is 0. The minimum absolute atomic E-state index is 0.166. The topological polar surface area (TPSA) is 55.8 Å². The molecule has 0 aromatic carbocycles. The normalized spacial score (nSPS) is 16.5. The van der Waals surface area contributed by atoms with Gasteiger partial charge in [-0.05, 0) is 111 Å². The average Bonchev–Trinajstić information content (AvgIpc) is 3.53. The summed E-state index contributed by atoms with van der Waals surface area (Å²) in [5.41, 5.74) is 0. The van der Waals surface area contributed by atoms with E-state index < -0.39 is 5.79 Å². The van der Waals surface area contributed by atoms with Crippen LogP contribution in [0.25, 0.3) is 0 Å². The van der Waals surface area contributed by atoms with Crippen LogP contribution < -0.4 is 0 Å². The molecular formula is C44H77NO4. The number of allylic oxidation sites excluding steroid dienone is 8. The maximum Gasteiger partial charge on any atom is 0.290 e. The molecule has 0 N–H and O–H groups in total. The smallest absolute Gasteiger partial charge is 0.290 e. The Labute approximate surface area is 303 Å². The summed E-state index contributed by atoms with van der Waals surface area (Å²) in [4.78, 5) is 29.2. The number of rotatable bonds is 34. The maximum atomic E-state index is 13.5. The van der Waals surface area contributed by atoms with E-state index in [-0.39, 0.29) is 17.7 Å². The molecule has 1 heterocycles. The predicted molar refractivity (Wildman–Crippen MR) is 210 cm³/mol. The first-order valence-electron chi connectivity index (χ1n) is 20.6. The third-order valence-corrected chi connectivity index (χ3v) is 9.38. The zero-order valence-corrected chi connectivity index (χ0v) is 32.6. The molecule has 1 aliphatic rings. The number of hydrogen-bond acceptors (Lipinski definition) is 5. The zero-order chi connectivity index (χ0) is 35.7. The van der Waals surface area contributed by atoms with E-state index >= 15 is 0 Å². The molecule has 1 fully saturated rings. The molecule has 1 rings (SSSR count). The highest BCUT2D eigenvalue weighted by molar-refractivity contribution is 6.09. The molecule has 1 aliphatic heterocycles. The van der Waals surface area contributed by atoms with Crippen molar-refractivity contribution in [3.63, 3.8) is 0 Å². The molecule has 282 valence electrons. The molecule has 5 nitrogen and oxygen atoms in total. The first-order chi connectivity index (χ1) is 24.0. The minimum Gasteiger partial charge on any atom is -0.335 e. The van der Waals surface area contributed by atoms with Crippen molar-refractivity contribution in [2.24, 2.45) is 0 Å².